The molecule has 5 nitrogen and oxygen atoms in total. The minimum Gasteiger partial charge on any atom is -0.494 e. The van der Waals surface area contributed by atoms with Crippen molar-refractivity contribution in [3.63, 3.8) is 0 Å². The van der Waals surface area contributed by atoms with E-state index in [2.05, 4.69) is 0 Å². The summed E-state index contributed by atoms with van der Waals surface area (Å²) in [4.78, 5) is 1.67. The van der Waals surface area contributed by atoms with Crippen molar-refractivity contribution in [3.05, 3.63) is 58.9 Å². The highest BCUT2D eigenvalue weighted by Gasteiger charge is 2.31. The molecule has 7 heteroatoms. The molecule has 1 N–H and O–H groups in total. The van der Waals surface area contributed by atoms with Crippen LogP contribution in [-0.4, -0.2) is 46.0 Å². The van der Waals surface area contributed by atoms with Crippen molar-refractivity contribution in [2.45, 2.75) is 30.7 Å². The normalized spacial score (nSPS) is 18.2. The van der Waals surface area contributed by atoms with Crippen LogP contribution in [0.2, 0.25) is 0 Å². The zero-order chi connectivity index (χ0) is 19.7. The fourth-order valence-electron chi connectivity index (χ4n) is 4.19. The maximum Gasteiger partial charge on any atom is 0.243 e. The maximum absolute atomic E-state index is 13.9. The summed E-state index contributed by atoms with van der Waals surface area (Å²) in [5.74, 6) is -0.124. The summed E-state index contributed by atoms with van der Waals surface area (Å²) in [6.45, 7) is 3.05. The van der Waals surface area contributed by atoms with E-state index in [1.807, 2.05) is 18.2 Å². The molecular weight excluding hydrogens is 379 g/mol. The molecule has 0 unspecified atom stereocenters. The zero-order valence-electron chi connectivity index (χ0n) is 16.1. The van der Waals surface area contributed by atoms with E-state index in [0.29, 0.717) is 37.6 Å². The van der Waals surface area contributed by atoms with E-state index in [1.165, 1.54) is 29.2 Å². The van der Waals surface area contributed by atoms with Crippen LogP contribution in [0.1, 0.15) is 23.1 Å². The first kappa shape index (κ1) is 19.4. The van der Waals surface area contributed by atoms with Crippen LogP contribution in [0.5, 0.6) is 5.75 Å². The number of ether oxygens (including phenoxy) is 1. The molecule has 0 radical (unpaired) electrons. The van der Waals surface area contributed by atoms with Gasteiger partial charge in [-0.25, -0.2) is 12.8 Å². The Balaban J connectivity index is 1.40. The van der Waals surface area contributed by atoms with Gasteiger partial charge in [-0.15, -0.1) is 0 Å². The zero-order valence-corrected chi connectivity index (χ0v) is 16.9. The van der Waals surface area contributed by atoms with Crippen LogP contribution < -0.4 is 9.64 Å². The molecule has 1 fully saturated rings. The van der Waals surface area contributed by atoms with Gasteiger partial charge in [0.05, 0.1) is 38.2 Å². The van der Waals surface area contributed by atoms with E-state index in [4.69, 9.17) is 4.74 Å². The summed E-state index contributed by atoms with van der Waals surface area (Å²) >= 11 is 0. The third-order valence-corrected chi connectivity index (χ3v) is 7.70. The third-order valence-electron chi connectivity index (χ3n) is 5.81. The molecule has 0 spiro atoms. The lowest BCUT2D eigenvalue weighted by Gasteiger charge is -2.31. The molecule has 0 saturated carbocycles. The van der Waals surface area contributed by atoms with Crippen LogP contribution in [0.4, 0.5) is 4.39 Å². The number of aryl methyl sites for hydroxylation is 2. The third kappa shape index (κ3) is 3.79. The first-order chi connectivity index (χ1) is 13.5. The summed E-state index contributed by atoms with van der Waals surface area (Å²) < 4.78 is 46.5. The van der Waals surface area contributed by atoms with Crippen LogP contribution in [0.25, 0.3) is 0 Å². The number of rotatable bonds is 5. The van der Waals surface area contributed by atoms with Gasteiger partial charge in [0.25, 0.3) is 0 Å². The molecule has 0 atom stereocenters. The number of hydrogen-bond acceptors (Lipinski definition) is 3. The summed E-state index contributed by atoms with van der Waals surface area (Å²) in [5.41, 5.74) is 3.34. The molecule has 1 saturated heterocycles. The molecule has 1 aliphatic carbocycles. The Hall–Kier alpha value is -1.96. The lowest BCUT2D eigenvalue weighted by Crippen LogP contribution is -3.13. The Labute approximate surface area is 165 Å². The maximum atomic E-state index is 13.9. The SMILES string of the molecule is COc1ccc(C[NH+]2CCN(S(=O)(=O)c3ccc4c(c3)CCC4)CC2)cc1F. The standard InChI is InChI=1S/C21H25FN2O3S/c1-27-21-8-5-16(13-20(21)22)15-23-9-11-24(12-10-23)28(25,26)19-7-6-17-3-2-4-18(17)14-19/h5-8,13-14H,2-4,9-12,15H2,1H3/p+1. The van der Waals surface area contributed by atoms with Crippen molar-refractivity contribution >= 4 is 10.0 Å². The lowest BCUT2D eigenvalue weighted by molar-refractivity contribution is -0.917. The molecule has 1 aliphatic heterocycles. The number of halogens is 1. The molecule has 2 aromatic rings. The lowest BCUT2D eigenvalue weighted by atomic mass is 10.1. The fraction of sp³-hybridized carbons (Fsp3) is 0.429. The molecule has 28 heavy (non-hydrogen) atoms. The van der Waals surface area contributed by atoms with E-state index in [9.17, 15) is 12.8 Å². The van der Waals surface area contributed by atoms with Crippen molar-refractivity contribution < 1.29 is 22.4 Å². The molecule has 0 amide bonds. The number of nitrogens with one attached hydrogen (secondary N) is 1. The average Bonchev–Trinajstić information content (AvgIpc) is 3.16. The van der Waals surface area contributed by atoms with Crippen LogP contribution in [-0.2, 0) is 29.4 Å². The van der Waals surface area contributed by atoms with Gasteiger partial charge in [-0.2, -0.15) is 4.31 Å². The largest absolute Gasteiger partial charge is 0.494 e. The Morgan fingerprint density at radius 2 is 1.82 bits per heavy atom. The number of piperazine rings is 1. The minimum atomic E-state index is -3.45. The van der Waals surface area contributed by atoms with E-state index in [0.717, 1.165) is 24.8 Å². The number of methoxy groups -OCH3 is 1. The molecule has 0 aromatic heterocycles. The number of fused-ring (bicyclic) bond motifs is 1. The first-order valence-corrected chi connectivity index (χ1v) is 11.2. The smallest absolute Gasteiger partial charge is 0.243 e. The summed E-state index contributed by atoms with van der Waals surface area (Å²) in [7, 11) is -2.00. The van der Waals surface area contributed by atoms with Crippen LogP contribution in [0.15, 0.2) is 41.3 Å². The van der Waals surface area contributed by atoms with Crippen molar-refractivity contribution in [2.24, 2.45) is 0 Å². The van der Waals surface area contributed by atoms with Gasteiger partial charge in [-0.3, -0.25) is 0 Å². The Bertz CT molecular complexity index is 970. The van der Waals surface area contributed by atoms with Gasteiger partial charge >= 0.3 is 0 Å². The predicted octanol–water partition coefficient (Wildman–Crippen LogP) is 1.41. The van der Waals surface area contributed by atoms with Crippen molar-refractivity contribution in [1.82, 2.24) is 4.31 Å². The predicted molar refractivity (Wildman–Crippen MR) is 105 cm³/mol. The number of hydrogen-bond donors (Lipinski definition) is 1. The molecular formula is C21H26FN2O3S+. The molecule has 2 aliphatic rings. The van der Waals surface area contributed by atoms with E-state index in [-0.39, 0.29) is 11.6 Å². The van der Waals surface area contributed by atoms with E-state index in [1.54, 1.807) is 16.4 Å². The van der Waals surface area contributed by atoms with Gasteiger partial charge in [0.15, 0.2) is 11.6 Å². The van der Waals surface area contributed by atoms with E-state index < -0.39 is 10.0 Å². The number of benzene rings is 2. The quantitative estimate of drug-likeness (QED) is 0.819. The Kier molecular flexibility index (Phi) is 5.40. The van der Waals surface area contributed by atoms with Crippen LogP contribution >= 0.6 is 0 Å². The molecule has 150 valence electrons. The van der Waals surface area contributed by atoms with Crippen LogP contribution in [0.3, 0.4) is 0 Å². The number of quaternary nitrogens is 1. The Morgan fingerprint density at radius 3 is 2.54 bits per heavy atom. The number of nitrogens with zero attached hydrogens (tertiary/aromatic N) is 1. The molecule has 2 aromatic carbocycles. The van der Waals surface area contributed by atoms with Gasteiger partial charge in [0.2, 0.25) is 10.0 Å². The summed E-state index contributed by atoms with van der Waals surface area (Å²) in [6, 6.07) is 10.6. The van der Waals surface area contributed by atoms with Gasteiger partial charge in [-0.1, -0.05) is 6.07 Å². The van der Waals surface area contributed by atoms with Crippen molar-refractivity contribution in [1.29, 1.82) is 0 Å². The first-order valence-electron chi connectivity index (χ1n) is 9.75. The van der Waals surface area contributed by atoms with Gasteiger partial charge < -0.3 is 9.64 Å². The summed E-state index contributed by atoms with van der Waals surface area (Å²) in [5, 5.41) is 0. The fourth-order valence-corrected chi connectivity index (χ4v) is 5.68. The second-order valence-corrected chi connectivity index (χ2v) is 9.52. The van der Waals surface area contributed by atoms with E-state index >= 15 is 0 Å². The van der Waals surface area contributed by atoms with Gasteiger partial charge in [-0.05, 0) is 60.7 Å². The summed E-state index contributed by atoms with van der Waals surface area (Å²) in [6.07, 6.45) is 3.12. The Morgan fingerprint density at radius 1 is 1.07 bits per heavy atom. The van der Waals surface area contributed by atoms with Gasteiger partial charge in [0, 0.05) is 5.56 Å². The van der Waals surface area contributed by atoms with Crippen molar-refractivity contribution in [2.75, 3.05) is 33.3 Å². The highest BCUT2D eigenvalue weighted by atomic mass is 32.2. The van der Waals surface area contributed by atoms with Gasteiger partial charge in [0.1, 0.15) is 6.54 Å². The highest BCUT2D eigenvalue weighted by molar-refractivity contribution is 7.89. The second-order valence-electron chi connectivity index (χ2n) is 7.58. The topological polar surface area (TPSA) is 51.1 Å². The average molecular weight is 406 g/mol. The molecule has 1 heterocycles. The van der Waals surface area contributed by atoms with Crippen molar-refractivity contribution in [3.8, 4) is 5.75 Å². The highest BCUT2D eigenvalue weighted by Crippen LogP contribution is 2.26. The monoisotopic (exact) mass is 405 g/mol. The number of sulfonamides is 1. The van der Waals surface area contributed by atoms with Crippen LogP contribution in [0, 0.1) is 5.82 Å². The minimum absolute atomic E-state index is 0.240. The second kappa shape index (κ2) is 7.81. The molecule has 4 rings (SSSR count). The molecule has 0 bridgehead atoms.